The molecular formula is C19H34N4O4S. The first-order valence-corrected chi connectivity index (χ1v) is 11.0. The summed E-state index contributed by atoms with van der Waals surface area (Å²) in [6, 6.07) is 3.91. The lowest BCUT2D eigenvalue weighted by Gasteiger charge is -2.27. The number of rotatable bonds is 9. The van der Waals surface area contributed by atoms with Crippen LogP contribution in [0.3, 0.4) is 0 Å². The maximum absolute atomic E-state index is 11.5. The van der Waals surface area contributed by atoms with E-state index in [4.69, 9.17) is 9.47 Å². The maximum Gasteiger partial charge on any atom is 0.209 e. The van der Waals surface area contributed by atoms with E-state index in [-0.39, 0.29) is 0 Å². The van der Waals surface area contributed by atoms with Crippen LogP contribution >= 0.6 is 0 Å². The largest absolute Gasteiger partial charge is 0.493 e. The summed E-state index contributed by atoms with van der Waals surface area (Å²) in [6.45, 7) is 9.24. The van der Waals surface area contributed by atoms with Gasteiger partial charge in [0.05, 0.1) is 27.0 Å². The molecule has 160 valence electrons. The highest BCUT2D eigenvalue weighted by atomic mass is 32.2. The molecule has 0 bridgehead atoms. The van der Waals surface area contributed by atoms with Crippen LogP contribution < -0.4 is 19.5 Å². The van der Waals surface area contributed by atoms with Crippen LogP contribution in [-0.4, -0.2) is 65.4 Å². The molecule has 0 aliphatic carbocycles. The van der Waals surface area contributed by atoms with E-state index in [0.29, 0.717) is 37.1 Å². The van der Waals surface area contributed by atoms with Crippen LogP contribution in [0, 0.1) is 6.92 Å². The van der Waals surface area contributed by atoms with E-state index in [1.54, 1.807) is 28.1 Å². The molecule has 1 rings (SSSR count). The van der Waals surface area contributed by atoms with E-state index < -0.39 is 15.6 Å². The summed E-state index contributed by atoms with van der Waals surface area (Å²) in [4.78, 5) is 6.61. The molecule has 0 amide bonds. The van der Waals surface area contributed by atoms with Crippen molar-refractivity contribution in [1.82, 2.24) is 14.9 Å². The second-order valence-electron chi connectivity index (χ2n) is 7.42. The van der Waals surface area contributed by atoms with Gasteiger partial charge in [0.15, 0.2) is 17.5 Å². The van der Waals surface area contributed by atoms with Crippen molar-refractivity contribution in [2.24, 2.45) is 4.99 Å². The van der Waals surface area contributed by atoms with Gasteiger partial charge in [0.25, 0.3) is 0 Å². The number of benzene rings is 1. The predicted octanol–water partition coefficient (Wildman–Crippen LogP) is 1.74. The van der Waals surface area contributed by atoms with E-state index in [1.807, 2.05) is 37.9 Å². The molecule has 0 aromatic heterocycles. The van der Waals surface area contributed by atoms with Crippen molar-refractivity contribution in [3.63, 3.8) is 0 Å². The average Bonchev–Trinajstić information content (AvgIpc) is 2.57. The highest BCUT2D eigenvalue weighted by Gasteiger charge is 2.22. The Balaban J connectivity index is 3.03. The number of nitrogens with one attached hydrogen (secondary N) is 2. The number of hydrogen-bond acceptors (Lipinski definition) is 5. The van der Waals surface area contributed by atoms with Crippen LogP contribution in [0.25, 0.3) is 0 Å². The molecule has 0 unspecified atom stereocenters. The molecule has 0 spiro atoms. The van der Waals surface area contributed by atoms with Crippen LogP contribution in [-0.2, 0) is 16.6 Å². The van der Waals surface area contributed by atoms with Crippen molar-refractivity contribution < 1.29 is 17.9 Å². The fourth-order valence-corrected chi connectivity index (χ4v) is 3.87. The normalized spacial score (nSPS) is 12.6. The summed E-state index contributed by atoms with van der Waals surface area (Å²) in [5, 5.41) is 3.25. The number of hydrogen-bond donors (Lipinski definition) is 2. The van der Waals surface area contributed by atoms with Crippen molar-refractivity contribution in [1.29, 1.82) is 0 Å². The van der Waals surface area contributed by atoms with Gasteiger partial charge in [-0.2, -0.15) is 0 Å². The second-order valence-corrected chi connectivity index (χ2v) is 9.17. The lowest BCUT2D eigenvalue weighted by Crippen LogP contribution is -2.47. The summed E-state index contributed by atoms with van der Waals surface area (Å²) < 4.78 is 36.4. The van der Waals surface area contributed by atoms with Gasteiger partial charge in [0.2, 0.25) is 10.0 Å². The molecular weight excluding hydrogens is 380 g/mol. The van der Waals surface area contributed by atoms with Crippen LogP contribution in [0.2, 0.25) is 0 Å². The zero-order valence-electron chi connectivity index (χ0n) is 18.2. The monoisotopic (exact) mass is 414 g/mol. The van der Waals surface area contributed by atoms with E-state index in [2.05, 4.69) is 15.0 Å². The molecule has 0 radical (unpaired) electrons. The fourth-order valence-electron chi connectivity index (χ4n) is 2.80. The van der Waals surface area contributed by atoms with Crippen molar-refractivity contribution in [3.05, 3.63) is 23.3 Å². The topological polar surface area (TPSA) is 92.3 Å². The quantitative estimate of drug-likeness (QED) is 0.472. The molecule has 28 heavy (non-hydrogen) atoms. The van der Waals surface area contributed by atoms with Gasteiger partial charge in [-0.25, -0.2) is 13.1 Å². The molecule has 9 heteroatoms. The number of aryl methyl sites for hydroxylation is 1. The molecule has 1 aromatic carbocycles. The van der Waals surface area contributed by atoms with Gasteiger partial charge in [0, 0.05) is 25.7 Å². The summed E-state index contributed by atoms with van der Waals surface area (Å²) in [5.74, 6) is 2.07. The van der Waals surface area contributed by atoms with Crippen molar-refractivity contribution in [3.8, 4) is 11.5 Å². The Labute approximate surface area is 169 Å². The van der Waals surface area contributed by atoms with Gasteiger partial charge in [-0.15, -0.1) is 0 Å². The van der Waals surface area contributed by atoms with Gasteiger partial charge in [-0.1, -0.05) is 0 Å². The minimum Gasteiger partial charge on any atom is -0.493 e. The zero-order valence-corrected chi connectivity index (χ0v) is 19.0. The third-order valence-corrected chi connectivity index (χ3v) is 4.96. The summed E-state index contributed by atoms with van der Waals surface area (Å²) in [6.07, 6.45) is 1.15. The SMILES string of the molecule is CCNC(=NCC(C)(C)NS(C)(=O)=O)N(C)Cc1cc(OC)c(OC)cc1C. The minimum absolute atomic E-state index is 0.303. The van der Waals surface area contributed by atoms with E-state index in [0.717, 1.165) is 17.4 Å². The second kappa shape index (κ2) is 9.97. The van der Waals surface area contributed by atoms with E-state index >= 15 is 0 Å². The Hall–Kier alpha value is -2.00. The van der Waals surface area contributed by atoms with Crippen LogP contribution in [0.4, 0.5) is 0 Å². The average molecular weight is 415 g/mol. The van der Waals surface area contributed by atoms with Gasteiger partial charge < -0.3 is 19.7 Å². The molecule has 8 nitrogen and oxygen atoms in total. The number of nitrogens with zero attached hydrogens (tertiary/aromatic N) is 2. The molecule has 2 N–H and O–H groups in total. The van der Waals surface area contributed by atoms with E-state index in [1.165, 1.54) is 0 Å². The van der Waals surface area contributed by atoms with Crippen molar-refractivity contribution >= 4 is 16.0 Å². The van der Waals surface area contributed by atoms with Gasteiger partial charge >= 0.3 is 0 Å². The third-order valence-electron chi connectivity index (χ3n) is 4.03. The first-order chi connectivity index (χ1) is 12.9. The number of sulfonamides is 1. The number of guanidine groups is 1. The molecule has 0 saturated heterocycles. The summed E-state index contributed by atoms with van der Waals surface area (Å²) in [5.41, 5.74) is 1.48. The van der Waals surface area contributed by atoms with Gasteiger partial charge in [0.1, 0.15) is 0 Å². The zero-order chi connectivity index (χ0) is 21.5. The van der Waals surface area contributed by atoms with Gasteiger partial charge in [-0.3, -0.25) is 4.99 Å². The lowest BCUT2D eigenvalue weighted by molar-refractivity contribution is 0.353. The van der Waals surface area contributed by atoms with E-state index in [9.17, 15) is 8.42 Å². The first kappa shape index (κ1) is 24.0. The smallest absolute Gasteiger partial charge is 0.209 e. The lowest BCUT2D eigenvalue weighted by atomic mass is 10.1. The molecule has 1 aromatic rings. The third kappa shape index (κ3) is 7.55. The molecule has 0 fully saturated rings. The predicted molar refractivity (Wildman–Crippen MR) is 114 cm³/mol. The van der Waals surface area contributed by atoms with Crippen LogP contribution in [0.1, 0.15) is 31.9 Å². The van der Waals surface area contributed by atoms with Crippen molar-refractivity contribution in [2.45, 2.75) is 39.8 Å². The summed E-state index contributed by atoms with van der Waals surface area (Å²) >= 11 is 0. The Morgan fingerprint density at radius 2 is 1.79 bits per heavy atom. The molecule has 0 aliphatic heterocycles. The molecule has 0 heterocycles. The Morgan fingerprint density at radius 1 is 1.21 bits per heavy atom. The van der Waals surface area contributed by atoms with Gasteiger partial charge in [-0.05, 0) is 51.0 Å². The summed E-state index contributed by atoms with van der Waals surface area (Å²) in [7, 11) is 1.86. The van der Waals surface area contributed by atoms with Crippen molar-refractivity contribution in [2.75, 3.05) is 40.6 Å². The first-order valence-electron chi connectivity index (χ1n) is 9.12. The number of aliphatic imine (C=N–C) groups is 1. The fraction of sp³-hybridized carbons (Fsp3) is 0.632. The Bertz CT molecular complexity index is 791. The van der Waals surface area contributed by atoms with Crippen LogP contribution in [0.5, 0.6) is 11.5 Å². The highest BCUT2D eigenvalue weighted by Crippen LogP contribution is 2.30. The standard InChI is InChI=1S/C19H34N4O4S/c1-9-20-18(21-13-19(3,4)22-28(8,24)25)23(5)12-15-11-17(27-7)16(26-6)10-14(15)2/h10-11,22H,9,12-13H2,1-8H3,(H,20,21). The molecule has 0 aliphatic rings. The molecule has 0 atom stereocenters. The number of ether oxygens (including phenoxy) is 2. The molecule has 0 saturated carbocycles. The highest BCUT2D eigenvalue weighted by molar-refractivity contribution is 7.88. The maximum atomic E-state index is 11.5. The van der Waals surface area contributed by atoms with Crippen LogP contribution in [0.15, 0.2) is 17.1 Å². The Morgan fingerprint density at radius 3 is 2.29 bits per heavy atom. The number of methoxy groups -OCH3 is 2. The Kier molecular flexibility index (Phi) is 8.56. The minimum atomic E-state index is -3.31.